The molecule has 0 aromatic heterocycles. The Morgan fingerprint density at radius 3 is 2.15 bits per heavy atom. The van der Waals surface area contributed by atoms with Gasteiger partial charge in [-0.05, 0) is 31.4 Å². The third kappa shape index (κ3) is 4.08. The van der Waals surface area contributed by atoms with E-state index in [2.05, 4.69) is 5.32 Å². The highest BCUT2D eigenvalue weighted by atomic mass is 16.4. The van der Waals surface area contributed by atoms with E-state index in [4.69, 9.17) is 10.2 Å². The van der Waals surface area contributed by atoms with Crippen LogP contribution < -0.4 is 5.32 Å². The van der Waals surface area contributed by atoms with Crippen LogP contribution in [0.3, 0.4) is 0 Å². The number of amides is 1. The van der Waals surface area contributed by atoms with Crippen molar-refractivity contribution < 1.29 is 24.6 Å². The molecule has 0 fully saturated rings. The van der Waals surface area contributed by atoms with E-state index in [0.29, 0.717) is 5.56 Å². The van der Waals surface area contributed by atoms with Gasteiger partial charge in [-0.2, -0.15) is 0 Å². The molecule has 0 spiro atoms. The Morgan fingerprint density at radius 1 is 1.15 bits per heavy atom. The lowest BCUT2D eigenvalue weighted by molar-refractivity contribution is -0.140. The Labute approximate surface area is 116 Å². The molecule has 0 radical (unpaired) electrons. The van der Waals surface area contributed by atoms with Gasteiger partial charge in [0.1, 0.15) is 6.04 Å². The van der Waals surface area contributed by atoms with E-state index < -0.39 is 23.9 Å². The van der Waals surface area contributed by atoms with Crippen molar-refractivity contribution in [2.75, 3.05) is 0 Å². The van der Waals surface area contributed by atoms with Gasteiger partial charge >= 0.3 is 11.9 Å². The largest absolute Gasteiger partial charge is 0.481 e. The van der Waals surface area contributed by atoms with Crippen LogP contribution in [0, 0.1) is 13.8 Å². The number of aliphatic carboxylic acids is 2. The van der Waals surface area contributed by atoms with Crippen LogP contribution in [0.1, 0.15) is 34.3 Å². The van der Waals surface area contributed by atoms with Gasteiger partial charge in [-0.25, -0.2) is 4.79 Å². The number of hydrogen-bond acceptors (Lipinski definition) is 3. The first kappa shape index (κ1) is 15.7. The number of aryl methyl sites for hydroxylation is 2. The molecule has 20 heavy (non-hydrogen) atoms. The first-order chi connectivity index (χ1) is 9.32. The Kier molecular flexibility index (Phi) is 5.25. The molecule has 0 aliphatic rings. The van der Waals surface area contributed by atoms with Crippen molar-refractivity contribution in [3.8, 4) is 0 Å². The van der Waals surface area contributed by atoms with E-state index in [1.807, 2.05) is 0 Å². The zero-order valence-corrected chi connectivity index (χ0v) is 11.3. The van der Waals surface area contributed by atoms with E-state index in [-0.39, 0.29) is 12.8 Å². The standard InChI is InChI=1S/C14H17NO5/c1-8-4-3-5-9(2)12(8)13(18)15-10(14(19)20)6-7-11(16)17/h3-5,10H,6-7H2,1-2H3,(H,15,18)(H,16,17)(H,19,20). The molecule has 3 N–H and O–H groups in total. The summed E-state index contributed by atoms with van der Waals surface area (Å²) < 4.78 is 0. The summed E-state index contributed by atoms with van der Waals surface area (Å²) in [7, 11) is 0. The van der Waals surface area contributed by atoms with Crippen LogP contribution >= 0.6 is 0 Å². The number of carbonyl (C=O) groups excluding carboxylic acids is 1. The lowest BCUT2D eigenvalue weighted by Gasteiger charge is -2.15. The number of carboxylic acid groups (broad SMARTS) is 2. The van der Waals surface area contributed by atoms with E-state index in [1.54, 1.807) is 32.0 Å². The lowest BCUT2D eigenvalue weighted by atomic mass is 10.0. The van der Waals surface area contributed by atoms with Gasteiger partial charge in [0.05, 0.1) is 0 Å². The summed E-state index contributed by atoms with van der Waals surface area (Å²) in [5, 5.41) is 20.0. The average molecular weight is 279 g/mol. The molecular formula is C14H17NO5. The minimum atomic E-state index is -1.24. The summed E-state index contributed by atoms with van der Waals surface area (Å²) in [4.78, 5) is 33.6. The van der Waals surface area contributed by atoms with Crippen molar-refractivity contribution in [2.45, 2.75) is 32.7 Å². The molecule has 0 saturated heterocycles. The SMILES string of the molecule is Cc1cccc(C)c1C(=O)NC(CCC(=O)O)C(=O)O. The van der Waals surface area contributed by atoms with Gasteiger partial charge in [0.25, 0.3) is 5.91 Å². The van der Waals surface area contributed by atoms with Gasteiger partial charge in [-0.3, -0.25) is 9.59 Å². The smallest absolute Gasteiger partial charge is 0.326 e. The van der Waals surface area contributed by atoms with Crippen molar-refractivity contribution in [3.63, 3.8) is 0 Å². The van der Waals surface area contributed by atoms with Crippen LogP contribution in [0.2, 0.25) is 0 Å². The summed E-state index contributed by atoms with van der Waals surface area (Å²) >= 11 is 0. The van der Waals surface area contributed by atoms with Crippen LogP contribution in [0.15, 0.2) is 18.2 Å². The number of rotatable bonds is 6. The summed E-state index contributed by atoms with van der Waals surface area (Å²) in [6.07, 6.45) is -0.467. The van der Waals surface area contributed by atoms with Crippen LogP contribution in [-0.4, -0.2) is 34.1 Å². The number of nitrogens with one attached hydrogen (secondary N) is 1. The predicted octanol–water partition coefficient (Wildman–Crippen LogP) is 1.35. The second-order valence-electron chi connectivity index (χ2n) is 4.56. The molecule has 1 atom stereocenters. The molecule has 1 aromatic carbocycles. The highest BCUT2D eigenvalue weighted by molar-refractivity contribution is 5.99. The molecule has 1 rings (SSSR count). The maximum Gasteiger partial charge on any atom is 0.326 e. The Bertz CT molecular complexity index is 518. The molecule has 1 aromatic rings. The van der Waals surface area contributed by atoms with Gasteiger partial charge in [0, 0.05) is 12.0 Å². The van der Waals surface area contributed by atoms with Crippen LogP contribution in [-0.2, 0) is 9.59 Å². The monoisotopic (exact) mass is 279 g/mol. The van der Waals surface area contributed by atoms with Gasteiger partial charge in [0.2, 0.25) is 0 Å². The summed E-state index contributed by atoms with van der Waals surface area (Å²) in [5.74, 6) is -2.85. The average Bonchev–Trinajstić information content (AvgIpc) is 2.33. The summed E-state index contributed by atoms with van der Waals surface area (Å²) in [5.41, 5.74) is 1.91. The molecule has 0 heterocycles. The number of benzene rings is 1. The lowest BCUT2D eigenvalue weighted by Crippen LogP contribution is -2.41. The molecule has 0 saturated carbocycles. The van der Waals surface area contributed by atoms with Crippen LogP contribution in [0.25, 0.3) is 0 Å². The third-order valence-electron chi connectivity index (χ3n) is 2.96. The van der Waals surface area contributed by atoms with Crippen molar-refractivity contribution in [1.29, 1.82) is 0 Å². The summed E-state index contributed by atoms with van der Waals surface area (Å²) in [6, 6.07) is 4.11. The van der Waals surface area contributed by atoms with E-state index in [0.717, 1.165) is 11.1 Å². The fourth-order valence-electron chi connectivity index (χ4n) is 1.93. The molecule has 0 bridgehead atoms. The normalized spacial score (nSPS) is 11.7. The maximum atomic E-state index is 12.1. The number of carbonyl (C=O) groups is 3. The minimum absolute atomic E-state index is 0.151. The second kappa shape index (κ2) is 6.70. The fraction of sp³-hybridized carbons (Fsp3) is 0.357. The zero-order chi connectivity index (χ0) is 15.3. The minimum Gasteiger partial charge on any atom is -0.481 e. The van der Waals surface area contributed by atoms with Gasteiger partial charge in [-0.1, -0.05) is 18.2 Å². The molecule has 1 unspecified atom stereocenters. The molecule has 6 heteroatoms. The maximum absolute atomic E-state index is 12.1. The fourth-order valence-corrected chi connectivity index (χ4v) is 1.93. The first-order valence-electron chi connectivity index (χ1n) is 6.14. The molecule has 1 amide bonds. The molecule has 0 aliphatic carbocycles. The van der Waals surface area contributed by atoms with Gasteiger partial charge in [0.15, 0.2) is 0 Å². The van der Waals surface area contributed by atoms with Crippen molar-refractivity contribution in [2.24, 2.45) is 0 Å². The number of carboxylic acids is 2. The number of hydrogen-bond donors (Lipinski definition) is 3. The predicted molar refractivity (Wildman–Crippen MR) is 71.7 cm³/mol. The van der Waals surface area contributed by atoms with E-state index in [1.165, 1.54) is 0 Å². The van der Waals surface area contributed by atoms with Crippen molar-refractivity contribution >= 4 is 17.8 Å². The topological polar surface area (TPSA) is 104 Å². The summed E-state index contributed by atoms with van der Waals surface area (Å²) in [6.45, 7) is 3.52. The Morgan fingerprint density at radius 2 is 1.70 bits per heavy atom. The molecular weight excluding hydrogens is 262 g/mol. The quantitative estimate of drug-likeness (QED) is 0.729. The van der Waals surface area contributed by atoms with Crippen molar-refractivity contribution in [1.82, 2.24) is 5.32 Å². The van der Waals surface area contributed by atoms with Gasteiger partial charge < -0.3 is 15.5 Å². The Hall–Kier alpha value is -2.37. The first-order valence-corrected chi connectivity index (χ1v) is 6.14. The van der Waals surface area contributed by atoms with Crippen LogP contribution in [0.5, 0.6) is 0 Å². The molecule has 108 valence electrons. The molecule has 0 aliphatic heterocycles. The van der Waals surface area contributed by atoms with E-state index >= 15 is 0 Å². The third-order valence-corrected chi connectivity index (χ3v) is 2.96. The zero-order valence-electron chi connectivity index (χ0n) is 11.3. The highest BCUT2D eigenvalue weighted by Gasteiger charge is 2.22. The van der Waals surface area contributed by atoms with E-state index in [9.17, 15) is 14.4 Å². The van der Waals surface area contributed by atoms with Crippen LogP contribution in [0.4, 0.5) is 0 Å². The highest BCUT2D eigenvalue weighted by Crippen LogP contribution is 2.13. The second-order valence-corrected chi connectivity index (χ2v) is 4.56. The molecule has 6 nitrogen and oxygen atoms in total. The van der Waals surface area contributed by atoms with Gasteiger partial charge in [-0.15, -0.1) is 0 Å². The Balaban J connectivity index is 2.86. The van der Waals surface area contributed by atoms with Crippen molar-refractivity contribution in [3.05, 3.63) is 34.9 Å².